The normalized spacial score (nSPS) is 12.7. The zero-order valence-corrected chi connectivity index (χ0v) is 19.0. The molecular formula is C25H29N3O6. The summed E-state index contributed by atoms with van der Waals surface area (Å²) in [6.07, 6.45) is -0.375. The van der Waals surface area contributed by atoms with E-state index in [-0.39, 0.29) is 31.5 Å². The molecule has 34 heavy (non-hydrogen) atoms. The number of nitrogens with one attached hydrogen (secondary N) is 3. The van der Waals surface area contributed by atoms with Crippen LogP contribution >= 0.6 is 0 Å². The van der Waals surface area contributed by atoms with Gasteiger partial charge in [0.2, 0.25) is 11.8 Å². The van der Waals surface area contributed by atoms with Gasteiger partial charge < -0.3 is 25.8 Å². The number of alkyl carbamates (subject to hydrolysis) is 1. The number of carboxylic acids is 1. The number of carboxylic acid groups (broad SMARTS) is 1. The molecule has 2 aromatic rings. The third-order valence-electron chi connectivity index (χ3n) is 5.55. The second-order valence-corrected chi connectivity index (χ2v) is 8.01. The van der Waals surface area contributed by atoms with E-state index >= 15 is 0 Å². The summed E-state index contributed by atoms with van der Waals surface area (Å²) in [5.41, 5.74) is 4.26. The van der Waals surface area contributed by atoms with Gasteiger partial charge >= 0.3 is 12.1 Å². The summed E-state index contributed by atoms with van der Waals surface area (Å²) in [6.45, 7) is 2.24. The fraction of sp³-hybridized carbons (Fsp3) is 0.360. The van der Waals surface area contributed by atoms with Crippen LogP contribution < -0.4 is 16.0 Å². The van der Waals surface area contributed by atoms with Crippen molar-refractivity contribution < 1.29 is 29.0 Å². The van der Waals surface area contributed by atoms with Crippen molar-refractivity contribution in [2.75, 3.05) is 19.7 Å². The van der Waals surface area contributed by atoms with Crippen LogP contribution in [0.4, 0.5) is 4.79 Å². The topological polar surface area (TPSA) is 134 Å². The number of ether oxygens (including phenoxy) is 1. The van der Waals surface area contributed by atoms with Gasteiger partial charge in [0, 0.05) is 25.4 Å². The zero-order valence-electron chi connectivity index (χ0n) is 19.0. The Bertz CT molecular complexity index is 1010. The molecule has 1 unspecified atom stereocenters. The Morgan fingerprint density at radius 2 is 1.53 bits per heavy atom. The van der Waals surface area contributed by atoms with Gasteiger partial charge in [-0.15, -0.1) is 0 Å². The van der Waals surface area contributed by atoms with Crippen LogP contribution in [0, 0.1) is 0 Å². The van der Waals surface area contributed by atoms with E-state index in [2.05, 4.69) is 16.0 Å². The summed E-state index contributed by atoms with van der Waals surface area (Å²) in [6, 6.07) is 14.5. The number of rotatable bonds is 11. The van der Waals surface area contributed by atoms with Crippen LogP contribution in [0.25, 0.3) is 11.1 Å². The molecular weight excluding hydrogens is 438 g/mol. The Morgan fingerprint density at radius 3 is 2.12 bits per heavy atom. The van der Waals surface area contributed by atoms with Crippen LogP contribution in [0.3, 0.4) is 0 Å². The molecule has 1 atom stereocenters. The van der Waals surface area contributed by atoms with E-state index in [0.29, 0.717) is 12.8 Å². The molecule has 0 bridgehead atoms. The van der Waals surface area contributed by atoms with Gasteiger partial charge in [-0.05, 0) is 28.7 Å². The van der Waals surface area contributed by atoms with Crippen molar-refractivity contribution >= 4 is 23.9 Å². The first-order valence-corrected chi connectivity index (χ1v) is 11.3. The van der Waals surface area contributed by atoms with E-state index in [0.717, 1.165) is 22.3 Å². The third kappa shape index (κ3) is 6.34. The summed E-state index contributed by atoms with van der Waals surface area (Å²) >= 11 is 0. The molecule has 0 radical (unpaired) electrons. The lowest BCUT2D eigenvalue weighted by Gasteiger charge is -2.19. The fourth-order valence-electron chi connectivity index (χ4n) is 3.99. The second-order valence-electron chi connectivity index (χ2n) is 8.01. The van der Waals surface area contributed by atoms with Crippen molar-refractivity contribution in [2.24, 2.45) is 0 Å². The van der Waals surface area contributed by atoms with E-state index in [1.807, 2.05) is 55.5 Å². The zero-order chi connectivity index (χ0) is 24.5. The van der Waals surface area contributed by atoms with Crippen molar-refractivity contribution in [3.63, 3.8) is 0 Å². The number of carbonyl (C=O) groups is 4. The minimum absolute atomic E-state index is 0.0464. The van der Waals surface area contributed by atoms with Crippen molar-refractivity contribution in [1.82, 2.24) is 16.0 Å². The molecule has 0 spiro atoms. The molecule has 0 saturated carbocycles. The third-order valence-corrected chi connectivity index (χ3v) is 5.55. The summed E-state index contributed by atoms with van der Waals surface area (Å²) in [5, 5.41) is 16.7. The minimum Gasteiger partial charge on any atom is -0.481 e. The van der Waals surface area contributed by atoms with Crippen molar-refractivity contribution in [1.29, 1.82) is 0 Å². The van der Waals surface area contributed by atoms with Gasteiger partial charge in [-0.2, -0.15) is 0 Å². The van der Waals surface area contributed by atoms with E-state index in [4.69, 9.17) is 9.84 Å². The predicted octanol–water partition coefficient (Wildman–Crippen LogP) is 2.40. The van der Waals surface area contributed by atoms with Crippen molar-refractivity contribution in [3.8, 4) is 11.1 Å². The Labute approximate surface area is 197 Å². The van der Waals surface area contributed by atoms with E-state index in [1.54, 1.807) is 0 Å². The highest BCUT2D eigenvalue weighted by Gasteiger charge is 2.30. The Kier molecular flexibility index (Phi) is 8.61. The lowest BCUT2D eigenvalue weighted by Crippen LogP contribution is -2.49. The lowest BCUT2D eigenvalue weighted by molar-refractivity contribution is -0.139. The number of benzene rings is 2. The molecule has 3 rings (SSSR count). The molecule has 0 aromatic heterocycles. The predicted molar refractivity (Wildman–Crippen MR) is 125 cm³/mol. The molecule has 180 valence electrons. The highest BCUT2D eigenvalue weighted by atomic mass is 16.5. The van der Waals surface area contributed by atoms with Gasteiger partial charge in [-0.3, -0.25) is 14.4 Å². The van der Waals surface area contributed by atoms with Gasteiger partial charge in [0.1, 0.15) is 12.6 Å². The number of fused-ring (bicyclic) bond motifs is 3. The second kappa shape index (κ2) is 11.8. The quantitative estimate of drug-likeness (QED) is 0.375. The number of aliphatic carboxylic acids is 1. The molecule has 2 aromatic carbocycles. The maximum Gasteiger partial charge on any atom is 0.407 e. The molecule has 9 nitrogen and oxygen atoms in total. The molecule has 0 aliphatic heterocycles. The molecule has 0 heterocycles. The standard InChI is InChI=1S/C25H29N3O6/c1-2-7-22(29)26-12-13-27-24(32)21(14-23(30)31)28-25(33)34-15-20-18-10-5-3-8-16(18)17-9-4-6-11-19(17)20/h3-6,8-11,20-21H,2,7,12-15H2,1H3,(H,26,29)(H,27,32)(H,28,33)(H,30,31). The molecule has 4 N–H and O–H groups in total. The number of hydrogen-bond acceptors (Lipinski definition) is 5. The van der Waals surface area contributed by atoms with Gasteiger partial charge in [0.25, 0.3) is 0 Å². The summed E-state index contributed by atoms with van der Waals surface area (Å²) in [5.74, 6) is -2.19. The SMILES string of the molecule is CCCC(=O)NCCNC(=O)C(CC(=O)O)NC(=O)OCC1c2ccccc2-c2ccccc21. The van der Waals surface area contributed by atoms with Crippen LogP contribution in [0.2, 0.25) is 0 Å². The lowest BCUT2D eigenvalue weighted by atomic mass is 9.98. The van der Waals surface area contributed by atoms with Gasteiger partial charge in [-0.1, -0.05) is 55.5 Å². The van der Waals surface area contributed by atoms with E-state index < -0.39 is 30.4 Å². The van der Waals surface area contributed by atoms with Crippen LogP contribution in [-0.2, 0) is 19.1 Å². The van der Waals surface area contributed by atoms with Crippen molar-refractivity contribution in [3.05, 3.63) is 59.7 Å². The molecule has 1 aliphatic carbocycles. The monoisotopic (exact) mass is 467 g/mol. The Morgan fingerprint density at radius 1 is 0.941 bits per heavy atom. The molecule has 9 heteroatoms. The van der Waals surface area contributed by atoms with Gasteiger partial charge in [0.15, 0.2) is 0 Å². The fourth-order valence-corrected chi connectivity index (χ4v) is 3.99. The average Bonchev–Trinajstić information content (AvgIpc) is 3.13. The van der Waals surface area contributed by atoms with Crippen LogP contribution in [0.15, 0.2) is 48.5 Å². The van der Waals surface area contributed by atoms with Crippen LogP contribution in [-0.4, -0.2) is 54.7 Å². The number of amides is 3. The summed E-state index contributed by atoms with van der Waals surface area (Å²) in [4.78, 5) is 47.5. The van der Waals surface area contributed by atoms with Crippen LogP contribution in [0.5, 0.6) is 0 Å². The Hall–Kier alpha value is -3.88. The maximum absolute atomic E-state index is 12.4. The first-order valence-electron chi connectivity index (χ1n) is 11.3. The first kappa shape index (κ1) is 24.8. The maximum atomic E-state index is 12.4. The van der Waals surface area contributed by atoms with E-state index in [9.17, 15) is 19.2 Å². The average molecular weight is 468 g/mol. The minimum atomic E-state index is -1.31. The first-order chi connectivity index (χ1) is 16.4. The molecule has 0 saturated heterocycles. The highest BCUT2D eigenvalue weighted by Crippen LogP contribution is 2.44. The van der Waals surface area contributed by atoms with Crippen molar-refractivity contribution in [2.45, 2.75) is 38.1 Å². The Balaban J connectivity index is 1.55. The number of carbonyl (C=O) groups excluding carboxylic acids is 3. The number of hydrogen-bond donors (Lipinski definition) is 4. The largest absolute Gasteiger partial charge is 0.481 e. The summed E-state index contributed by atoms with van der Waals surface area (Å²) < 4.78 is 5.41. The van der Waals surface area contributed by atoms with Gasteiger partial charge in [-0.25, -0.2) is 4.79 Å². The van der Waals surface area contributed by atoms with Gasteiger partial charge in [0.05, 0.1) is 6.42 Å². The molecule has 0 fully saturated rings. The van der Waals surface area contributed by atoms with Crippen LogP contribution in [0.1, 0.15) is 43.2 Å². The van der Waals surface area contributed by atoms with E-state index in [1.165, 1.54) is 0 Å². The smallest absolute Gasteiger partial charge is 0.407 e. The molecule has 1 aliphatic rings. The molecule has 3 amide bonds. The summed E-state index contributed by atoms with van der Waals surface area (Å²) in [7, 11) is 0. The highest BCUT2D eigenvalue weighted by molar-refractivity contribution is 5.89.